The molecular weight excluding hydrogens is 324 g/mol. The number of oxazole rings is 1. The standard InChI is InChI=1S/C22H14N2O2/c25-22-19-20(26-21(23-19)15-9-3-1-4-10-15)17-13-7-8-14-18(17)24(22)16-11-5-2-6-12-16/h1-14H. The number of pyridine rings is 1. The highest BCUT2D eigenvalue weighted by Gasteiger charge is 2.18. The van der Waals surface area contributed by atoms with Crippen LogP contribution in [0.1, 0.15) is 0 Å². The molecule has 0 bridgehead atoms. The Labute approximate surface area is 149 Å². The molecule has 4 heteroatoms. The molecule has 0 aliphatic rings. The third-order valence-electron chi connectivity index (χ3n) is 4.46. The lowest BCUT2D eigenvalue weighted by molar-refractivity contribution is 0.622. The Balaban J connectivity index is 1.92. The van der Waals surface area contributed by atoms with Crippen molar-refractivity contribution in [3.63, 3.8) is 0 Å². The van der Waals surface area contributed by atoms with Crippen LogP contribution < -0.4 is 5.56 Å². The van der Waals surface area contributed by atoms with Gasteiger partial charge in [0.25, 0.3) is 5.56 Å². The van der Waals surface area contributed by atoms with Gasteiger partial charge in [0.05, 0.1) is 5.52 Å². The molecule has 0 unspecified atom stereocenters. The lowest BCUT2D eigenvalue weighted by Gasteiger charge is -2.10. The predicted octanol–water partition coefficient (Wildman–Crippen LogP) is 4.80. The molecule has 3 aromatic carbocycles. The number of hydrogen-bond donors (Lipinski definition) is 0. The molecule has 26 heavy (non-hydrogen) atoms. The van der Waals surface area contributed by atoms with Crippen molar-refractivity contribution in [3.05, 3.63) is 95.3 Å². The van der Waals surface area contributed by atoms with E-state index in [0.29, 0.717) is 17.0 Å². The molecule has 0 N–H and O–H groups in total. The summed E-state index contributed by atoms with van der Waals surface area (Å²) in [6, 6.07) is 26.9. The first-order valence-corrected chi connectivity index (χ1v) is 8.38. The zero-order valence-electron chi connectivity index (χ0n) is 13.8. The average molecular weight is 338 g/mol. The topological polar surface area (TPSA) is 48.0 Å². The summed E-state index contributed by atoms with van der Waals surface area (Å²) >= 11 is 0. The number of nitrogens with zero attached hydrogens (tertiary/aromatic N) is 2. The summed E-state index contributed by atoms with van der Waals surface area (Å²) in [6.45, 7) is 0. The van der Waals surface area contributed by atoms with Crippen molar-refractivity contribution in [2.75, 3.05) is 0 Å². The zero-order chi connectivity index (χ0) is 17.5. The van der Waals surface area contributed by atoms with Crippen LogP contribution in [0.3, 0.4) is 0 Å². The highest BCUT2D eigenvalue weighted by atomic mass is 16.3. The van der Waals surface area contributed by atoms with E-state index in [0.717, 1.165) is 22.2 Å². The van der Waals surface area contributed by atoms with E-state index in [9.17, 15) is 4.79 Å². The average Bonchev–Trinajstić information content (AvgIpc) is 3.16. The summed E-state index contributed by atoms with van der Waals surface area (Å²) in [5.74, 6) is 0.452. The van der Waals surface area contributed by atoms with Gasteiger partial charge < -0.3 is 4.42 Å². The molecular formula is C22H14N2O2. The van der Waals surface area contributed by atoms with Crippen LogP contribution in [0.5, 0.6) is 0 Å². The molecule has 0 aliphatic carbocycles. The Morgan fingerprint density at radius 1 is 0.769 bits per heavy atom. The van der Waals surface area contributed by atoms with Gasteiger partial charge in [-0.15, -0.1) is 0 Å². The molecule has 0 amide bonds. The fraction of sp³-hybridized carbons (Fsp3) is 0. The summed E-state index contributed by atoms with van der Waals surface area (Å²) in [7, 11) is 0. The number of hydrogen-bond acceptors (Lipinski definition) is 3. The highest BCUT2D eigenvalue weighted by Crippen LogP contribution is 2.29. The second kappa shape index (κ2) is 5.70. The molecule has 0 atom stereocenters. The zero-order valence-corrected chi connectivity index (χ0v) is 13.8. The lowest BCUT2D eigenvalue weighted by atomic mass is 10.2. The van der Waals surface area contributed by atoms with Gasteiger partial charge in [-0.25, -0.2) is 4.98 Å². The van der Waals surface area contributed by atoms with E-state index in [1.165, 1.54) is 0 Å². The van der Waals surface area contributed by atoms with Crippen molar-refractivity contribution in [1.29, 1.82) is 0 Å². The number of benzene rings is 3. The predicted molar refractivity (Wildman–Crippen MR) is 103 cm³/mol. The van der Waals surface area contributed by atoms with Crippen molar-refractivity contribution in [3.8, 4) is 17.1 Å². The van der Waals surface area contributed by atoms with E-state index >= 15 is 0 Å². The molecule has 124 valence electrons. The van der Waals surface area contributed by atoms with Gasteiger partial charge >= 0.3 is 0 Å². The van der Waals surface area contributed by atoms with Gasteiger partial charge in [-0.05, 0) is 36.4 Å². The summed E-state index contributed by atoms with van der Waals surface area (Å²) in [5, 5.41) is 0.862. The van der Waals surface area contributed by atoms with E-state index in [1.54, 1.807) is 4.57 Å². The third kappa shape index (κ3) is 2.16. The molecule has 2 aromatic heterocycles. The van der Waals surface area contributed by atoms with E-state index < -0.39 is 0 Å². The maximum atomic E-state index is 13.2. The van der Waals surface area contributed by atoms with Crippen LogP contribution in [-0.4, -0.2) is 9.55 Å². The van der Waals surface area contributed by atoms with Crippen molar-refractivity contribution in [1.82, 2.24) is 9.55 Å². The second-order valence-corrected chi connectivity index (χ2v) is 6.06. The van der Waals surface area contributed by atoms with Crippen LogP contribution in [0.15, 0.2) is 94.1 Å². The minimum Gasteiger partial charge on any atom is -0.435 e. The second-order valence-electron chi connectivity index (χ2n) is 6.06. The monoisotopic (exact) mass is 338 g/mol. The van der Waals surface area contributed by atoms with Gasteiger partial charge in [0, 0.05) is 16.6 Å². The van der Waals surface area contributed by atoms with Crippen LogP contribution in [0.2, 0.25) is 0 Å². The van der Waals surface area contributed by atoms with Crippen molar-refractivity contribution in [2.45, 2.75) is 0 Å². The number of fused-ring (bicyclic) bond motifs is 3. The Kier molecular flexibility index (Phi) is 3.22. The maximum absolute atomic E-state index is 13.2. The molecule has 5 rings (SSSR count). The summed E-state index contributed by atoms with van der Waals surface area (Å²) in [5.41, 5.74) is 3.13. The minimum atomic E-state index is -0.184. The van der Waals surface area contributed by atoms with Crippen molar-refractivity contribution >= 4 is 22.0 Å². The van der Waals surface area contributed by atoms with Gasteiger partial charge in [-0.3, -0.25) is 9.36 Å². The van der Waals surface area contributed by atoms with Crippen LogP contribution >= 0.6 is 0 Å². The summed E-state index contributed by atoms with van der Waals surface area (Å²) in [4.78, 5) is 17.7. The van der Waals surface area contributed by atoms with Gasteiger partial charge in [-0.2, -0.15) is 0 Å². The lowest BCUT2D eigenvalue weighted by Crippen LogP contribution is -2.19. The third-order valence-corrected chi connectivity index (χ3v) is 4.46. The molecule has 0 radical (unpaired) electrons. The van der Waals surface area contributed by atoms with E-state index in [4.69, 9.17) is 4.42 Å². The van der Waals surface area contributed by atoms with Crippen molar-refractivity contribution < 1.29 is 4.42 Å². The fourth-order valence-electron chi connectivity index (χ4n) is 3.26. The Hall–Kier alpha value is -3.66. The maximum Gasteiger partial charge on any atom is 0.285 e. The molecule has 4 nitrogen and oxygen atoms in total. The Bertz CT molecular complexity index is 1290. The first-order chi connectivity index (χ1) is 12.8. The van der Waals surface area contributed by atoms with Gasteiger partial charge in [0.2, 0.25) is 5.89 Å². The van der Waals surface area contributed by atoms with Crippen LogP contribution in [0, 0.1) is 0 Å². The van der Waals surface area contributed by atoms with Crippen LogP contribution in [0.25, 0.3) is 39.1 Å². The molecule has 0 spiro atoms. The summed E-state index contributed by atoms with van der Waals surface area (Å²) < 4.78 is 7.70. The SMILES string of the molecule is O=c1c2nc(-c3ccccc3)oc2c2ccccc2n1-c1ccccc1. The van der Waals surface area contributed by atoms with E-state index in [1.807, 2.05) is 84.9 Å². The summed E-state index contributed by atoms with van der Waals surface area (Å²) in [6.07, 6.45) is 0. The molecule has 0 saturated carbocycles. The fourth-order valence-corrected chi connectivity index (χ4v) is 3.26. The largest absolute Gasteiger partial charge is 0.435 e. The number of para-hydroxylation sites is 2. The van der Waals surface area contributed by atoms with E-state index in [2.05, 4.69) is 4.98 Å². The first-order valence-electron chi connectivity index (χ1n) is 8.38. The van der Waals surface area contributed by atoms with Crippen LogP contribution in [-0.2, 0) is 0 Å². The first kappa shape index (κ1) is 14.7. The number of aromatic nitrogens is 2. The molecule has 0 saturated heterocycles. The van der Waals surface area contributed by atoms with Crippen molar-refractivity contribution in [2.24, 2.45) is 0 Å². The number of rotatable bonds is 2. The van der Waals surface area contributed by atoms with E-state index in [-0.39, 0.29) is 5.56 Å². The van der Waals surface area contributed by atoms with Gasteiger partial charge in [-0.1, -0.05) is 48.5 Å². The Morgan fingerprint density at radius 3 is 2.19 bits per heavy atom. The Morgan fingerprint density at radius 2 is 1.42 bits per heavy atom. The normalized spacial score (nSPS) is 11.2. The molecule has 0 aliphatic heterocycles. The minimum absolute atomic E-state index is 0.184. The van der Waals surface area contributed by atoms with Gasteiger partial charge in [0.15, 0.2) is 11.1 Å². The molecule has 2 heterocycles. The molecule has 0 fully saturated rings. The smallest absolute Gasteiger partial charge is 0.285 e. The quantitative estimate of drug-likeness (QED) is 0.464. The van der Waals surface area contributed by atoms with Crippen LogP contribution in [0.4, 0.5) is 0 Å². The highest BCUT2D eigenvalue weighted by molar-refractivity contribution is 6.02. The molecule has 5 aromatic rings. The van der Waals surface area contributed by atoms with Gasteiger partial charge in [0.1, 0.15) is 0 Å².